The average molecular weight is 215 g/mol. The van der Waals surface area contributed by atoms with Gasteiger partial charge in [0, 0.05) is 25.1 Å². The van der Waals surface area contributed by atoms with E-state index in [2.05, 4.69) is 15.3 Å². The van der Waals surface area contributed by atoms with Crippen LogP contribution in [0, 0.1) is 0 Å². The van der Waals surface area contributed by atoms with Gasteiger partial charge in [0.25, 0.3) is 0 Å². The molecule has 0 aliphatic carbocycles. The Morgan fingerprint density at radius 3 is 2.75 bits per heavy atom. The standard InChI is InChI=1S/C12H13N3O/c16-9-3-1-8(2-4-9)12-14-10-5-6-13-7-11(10)15-12/h1-4,13,16H,5-7H2,(H,14,15). The lowest BCUT2D eigenvalue weighted by atomic mass is 10.2. The number of hydrogen-bond acceptors (Lipinski definition) is 3. The van der Waals surface area contributed by atoms with Gasteiger partial charge in [0.2, 0.25) is 0 Å². The number of benzene rings is 1. The third-order valence-electron chi connectivity index (χ3n) is 2.85. The molecule has 0 unspecified atom stereocenters. The van der Waals surface area contributed by atoms with Crippen LogP contribution in [0.1, 0.15) is 11.4 Å². The predicted octanol–water partition coefficient (Wildman–Crippen LogP) is 1.43. The Hall–Kier alpha value is -1.81. The Morgan fingerprint density at radius 2 is 2.00 bits per heavy atom. The zero-order valence-electron chi connectivity index (χ0n) is 8.83. The second-order valence-electron chi connectivity index (χ2n) is 3.98. The van der Waals surface area contributed by atoms with E-state index in [9.17, 15) is 5.11 Å². The molecule has 0 amide bonds. The van der Waals surface area contributed by atoms with Gasteiger partial charge in [-0.2, -0.15) is 0 Å². The Kier molecular flexibility index (Phi) is 2.15. The van der Waals surface area contributed by atoms with Gasteiger partial charge >= 0.3 is 0 Å². The van der Waals surface area contributed by atoms with E-state index in [1.54, 1.807) is 12.1 Å². The molecule has 0 radical (unpaired) electrons. The molecule has 0 saturated carbocycles. The first-order valence-electron chi connectivity index (χ1n) is 5.41. The van der Waals surface area contributed by atoms with E-state index in [1.165, 1.54) is 5.69 Å². The molecule has 2 heterocycles. The highest BCUT2D eigenvalue weighted by Gasteiger charge is 2.14. The molecule has 0 spiro atoms. The Balaban J connectivity index is 2.00. The highest BCUT2D eigenvalue weighted by atomic mass is 16.3. The molecule has 1 aromatic heterocycles. The fraction of sp³-hybridized carbons (Fsp3) is 0.250. The number of phenols is 1. The maximum absolute atomic E-state index is 9.23. The largest absolute Gasteiger partial charge is 0.508 e. The molecular weight excluding hydrogens is 202 g/mol. The number of imidazole rings is 1. The Labute approximate surface area is 93.4 Å². The van der Waals surface area contributed by atoms with E-state index >= 15 is 0 Å². The summed E-state index contributed by atoms with van der Waals surface area (Å²) in [6.45, 7) is 1.85. The fourth-order valence-corrected chi connectivity index (χ4v) is 1.97. The van der Waals surface area contributed by atoms with E-state index in [-0.39, 0.29) is 5.75 Å². The molecule has 3 N–H and O–H groups in total. The summed E-state index contributed by atoms with van der Waals surface area (Å²) in [4.78, 5) is 7.89. The van der Waals surface area contributed by atoms with Crippen LogP contribution >= 0.6 is 0 Å². The Morgan fingerprint density at radius 1 is 1.19 bits per heavy atom. The van der Waals surface area contributed by atoms with Crippen molar-refractivity contribution in [2.24, 2.45) is 0 Å². The van der Waals surface area contributed by atoms with Gasteiger partial charge in [-0.25, -0.2) is 4.98 Å². The minimum absolute atomic E-state index is 0.279. The second kappa shape index (κ2) is 3.64. The van der Waals surface area contributed by atoms with Gasteiger partial charge in [-0.3, -0.25) is 0 Å². The summed E-state index contributed by atoms with van der Waals surface area (Å²) in [5, 5.41) is 12.5. The van der Waals surface area contributed by atoms with Gasteiger partial charge in [-0.15, -0.1) is 0 Å². The van der Waals surface area contributed by atoms with Crippen molar-refractivity contribution >= 4 is 0 Å². The van der Waals surface area contributed by atoms with Crippen LogP contribution in [0.25, 0.3) is 11.4 Å². The van der Waals surface area contributed by atoms with Crippen LogP contribution in [0.5, 0.6) is 5.75 Å². The smallest absolute Gasteiger partial charge is 0.137 e. The maximum Gasteiger partial charge on any atom is 0.137 e. The molecule has 1 aliphatic heterocycles. The van der Waals surface area contributed by atoms with Crippen LogP contribution in [-0.4, -0.2) is 21.6 Å². The lowest BCUT2D eigenvalue weighted by Crippen LogP contribution is -2.23. The number of aromatic amines is 1. The van der Waals surface area contributed by atoms with Gasteiger partial charge < -0.3 is 15.4 Å². The molecule has 1 aromatic carbocycles. The van der Waals surface area contributed by atoms with Crippen LogP contribution in [0.15, 0.2) is 24.3 Å². The van der Waals surface area contributed by atoms with Crippen molar-refractivity contribution in [2.45, 2.75) is 13.0 Å². The number of rotatable bonds is 1. The van der Waals surface area contributed by atoms with Crippen LogP contribution < -0.4 is 5.32 Å². The van der Waals surface area contributed by atoms with Gasteiger partial charge in [0.15, 0.2) is 0 Å². The topological polar surface area (TPSA) is 60.9 Å². The number of aromatic hydroxyl groups is 1. The molecule has 0 fully saturated rings. The maximum atomic E-state index is 9.23. The molecule has 0 saturated heterocycles. The number of aromatic nitrogens is 2. The molecular formula is C12H13N3O. The lowest BCUT2D eigenvalue weighted by molar-refractivity contribution is 0.475. The van der Waals surface area contributed by atoms with Crippen molar-refractivity contribution in [3.63, 3.8) is 0 Å². The molecule has 3 rings (SSSR count). The van der Waals surface area contributed by atoms with Crippen molar-refractivity contribution in [3.8, 4) is 17.1 Å². The minimum atomic E-state index is 0.279. The van der Waals surface area contributed by atoms with E-state index in [4.69, 9.17) is 0 Å². The third-order valence-corrected chi connectivity index (χ3v) is 2.85. The van der Waals surface area contributed by atoms with Gasteiger partial charge in [-0.1, -0.05) is 0 Å². The van der Waals surface area contributed by atoms with Crippen molar-refractivity contribution < 1.29 is 5.11 Å². The highest BCUT2D eigenvalue weighted by Crippen LogP contribution is 2.21. The number of nitrogens with zero attached hydrogens (tertiary/aromatic N) is 1. The molecule has 4 nitrogen and oxygen atoms in total. The van der Waals surface area contributed by atoms with Crippen molar-refractivity contribution in [1.82, 2.24) is 15.3 Å². The van der Waals surface area contributed by atoms with Gasteiger partial charge in [0.1, 0.15) is 11.6 Å². The molecule has 0 atom stereocenters. The first kappa shape index (κ1) is 9.42. The van der Waals surface area contributed by atoms with E-state index in [1.807, 2.05) is 12.1 Å². The van der Waals surface area contributed by atoms with Crippen molar-refractivity contribution in [2.75, 3.05) is 6.54 Å². The number of phenolic OH excluding ortho intramolecular Hbond substituents is 1. The number of nitrogens with one attached hydrogen (secondary N) is 2. The monoisotopic (exact) mass is 215 g/mol. The molecule has 82 valence electrons. The summed E-state index contributed by atoms with van der Waals surface area (Å²) in [6.07, 6.45) is 0.976. The van der Waals surface area contributed by atoms with E-state index in [0.717, 1.165) is 36.6 Å². The normalized spacial score (nSPS) is 14.8. The number of H-pyrrole nitrogens is 1. The minimum Gasteiger partial charge on any atom is -0.508 e. The Bertz CT molecular complexity index is 478. The first-order chi connectivity index (χ1) is 7.83. The molecule has 2 aromatic rings. The highest BCUT2D eigenvalue weighted by molar-refractivity contribution is 5.57. The van der Waals surface area contributed by atoms with Crippen LogP contribution in [0.2, 0.25) is 0 Å². The predicted molar refractivity (Wildman–Crippen MR) is 61.1 cm³/mol. The second-order valence-corrected chi connectivity index (χ2v) is 3.98. The lowest BCUT2D eigenvalue weighted by Gasteiger charge is -2.09. The summed E-state index contributed by atoms with van der Waals surface area (Å²) in [6, 6.07) is 7.09. The molecule has 0 bridgehead atoms. The molecule has 16 heavy (non-hydrogen) atoms. The zero-order valence-corrected chi connectivity index (χ0v) is 8.83. The van der Waals surface area contributed by atoms with Crippen LogP contribution in [0.4, 0.5) is 0 Å². The molecule has 1 aliphatic rings. The van der Waals surface area contributed by atoms with Gasteiger partial charge in [0.05, 0.1) is 11.4 Å². The summed E-state index contributed by atoms with van der Waals surface area (Å²) in [5.41, 5.74) is 3.34. The first-order valence-corrected chi connectivity index (χ1v) is 5.41. The SMILES string of the molecule is Oc1ccc(-c2nc3c([nH]2)CNCC3)cc1. The quantitative estimate of drug-likeness (QED) is 0.674. The summed E-state index contributed by atoms with van der Waals surface area (Å²) < 4.78 is 0. The van der Waals surface area contributed by atoms with Gasteiger partial charge in [-0.05, 0) is 24.3 Å². The van der Waals surface area contributed by atoms with E-state index < -0.39 is 0 Å². The molecule has 4 heteroatoms. The summed E-state index contributed by atoms with van der Waals surface area (Å²) >= 11 is 0. The van der Waals surface area contributed by atoms with Crippen LogP contribution in [0.3, 0.4) is 0 Å². The van der Waals surface area contributed by atoms with Crippen molar-refractivity contribution in [1.29, 1.82) is 0 Å². The van der Waals surface area contributed by atoms with Crippen molar-refractivity contribution in [3.05, 3.63) is 35.7 Å². The number of fused-ring (bicyclic) bond motifs is 1. The fourth-order valence-electron chi connectivity index (χ4n) is 1.97. The average Bonchev–Trinajstić information content (AvgIpc) is 2.73. The zero-order chi connectivity index (χ0) is 11.0. The number of hydrogen-bond donors (Lipinski definition) is 3. The van der Waals surface area contributed by atoms with Crippen LogP contribution in [-0.2, 0) is 13.0 Å². The summed E-state index contributed by atoms with van der Waals surface area (Å²) in [7, 11) is 0. The van der Waals surface area contributed by atoms with E-state index in [0.29, 0.717) is 0 Å². The summed E-state index contributed by atoms with van der Waals surface area (Å²) in [5.74, 6) is 1.16. The third kappa shape index (κ3) is 1.57.